The second-order valence-corrected chi connectivity index (χ2v) is 11.0. The lowest BCUT2D eigenvalue weighted by molar-refractivity contribution is -0.139. The largest absolute Gasteiger partial charge is 0.463 e. The third-order valence-electron chi connectivity index (χ3n) is 7.26. The van der Waals surface area contributed by atoms with Crippen molar-refractivity contribution in [3.8, 4) is 11.3 Å². The molecular weight excluding hydrogens is 518 g/mol. The lowest BCUT2D eigenvalue weighted by Gasteiger charge is -2.24. The number of ether oxygens (including phenoxy) is 1. The average molecular weight is 548 g/mol. The van der Waals surface area contributed by atoms with Crippen molar-refractivity contribution < 1.29 is 9.53 Å². The normalized spacial score (nSPS) is 15.3. The van der Waals surface area contributed by atoms with E-state index < -0.39 is 12.0 Å². The number of benzene rings is 3. The van der Waals surface area contributed by atoms with Gasteiger partial charge >= 0.3 is 5.97 Å². The summed E-state index contributed by atoms with van der Waals surface area (Å²) in [7, 11) is 0. The summed E-state index contributed by atoms with van der Waals surface area (Å²) in [6.07, 6.45) is 1.97. The molecule has 0 aliphatic carbocycles. The van der Waals surface area contributed by atoms with Crippen molar-refractivity contribution in [3.63, 3.8) is 0 Å². The monoisotopic (exact) mass is 547 g/mol. The zero-order valence-electron chi connectivity index (χ0n) is 22.8. The van der Waals surface area contributed by atoms with Crippen LogP contribution in [0.1, 0.15) is 42.1 Å². The number of hydrogen-bond acceptors (Lipinski definition) is 5. The molecule has 0 radical (unpaired) electrons. The second-order valence-electron chi connectivity index (χ2n) is 10.00. The smallest absolute Gasteiger partial charge is 0.338 e. The molecule has 3 aromatic carbocycles. The summed E-state index contributed by atoms with van der Waals surface area (Å²) in [6, 6.07) is 23.4. The molecule has 1 N–H and O–H groups in total. The van der Waals surface area contributed by atoms with Crippen LogP contribution >= 0.6 is 11.3 Å². The van der Waals surface area contributed by atoms with Gasteiger partial charge in [0.1, 0.15) is 0 Å². The molecule has 3 heterocycles. The second kappa shape index (κ2) is 10.2. The number of allylic oxidation sites excluding steroid dienone is 1. The molecule has 6 rings (SSSR count). The van der Waals surface area contributed by atoms with Crippen molar-refractivity contribution in [2.75, 3.05) is 6.61 Å². The first-order valence-corrected chi connectivity index (χ1v) is 14.1. The zero-order chi connectivity index (χ0) is 28.0. The van der Waals surface area contributed by atoms with Crippen LogP contribution in [-0.4, -0.2) is 22.1 Å². The van der Waals surface area contributed by atoms with Crippen molar-refractivity contribution in [1.82, 2.24) is 9.55 Å². The molecule has 0 spiro atoms. The first kappa shape index (κ1) is 25.8. The van der Waals surface area contributed by atoms with Crippen LogP contribution in [0, 0.1) is 13.8 Å². The number of aryl methyl sites for hydroxylation is 2. The van der Waals surface area contributed by atoms with E-state index in [1.165, 1.54) is 11.3 Å². The third-order valence-corrected chi connectivity index (χ3v) is 8.24. The van der Waals surface area contributed by atoms with Gasteiger partial charge in [-0.05, 0) is 56.5 Å². The molecular formula is C33H29N3O3S. The fourth-order valence-corrected chi connectivity index (χ4v) is 6.56. The highest BCUT2D eigenvalue weighted by molar-refractivity contribution is 7.07. The summed E-state index contributed by atoms with van der Waals surface area (Å²) >= 11 is 1.34. The van der Waals surface area contributed by atoms with Gasteiger partial charge < -0.3 is 9.72 Å². The maximum Gasteiger partial charge on any atom is 0.338 e. The standard InChI is InChI=1S/C33H29N3O3S/c1-5-39-32(38)27-21(4)34-33-36(30(27)23-14-10-7-11-15-23)31(37)26(40-33)18-25-24-17-19(2)16-20(3)28(24)35-29(25)22-12-8-6-9-13-22/h6-18,30,35H,5H2,1-4H3/b26-18+/t30-/m0/s1. The van der Waals surface area contributed by atoms with E-state index in [1.54, 1.807) is 18.4 Å². The van der Waals surface area contributed by atoms with E-state index in [2.05, 4.69) is 43.1 Å². The minimum atomic E-state index is -0.625. The Kier molecular flexibility index (Phi) is 6.60. The highest BCUT2D eigenvalue weighted by Crippen LogP contribution is 2.34. The van der Waals surface area contributed by atoms with Gasteiger partial charge in [-0.3, -0.25) is 9.36 Å². The van der Waals surface area contributed by atoms with Crippen LogP contribution in [0.3, 0.4) is 0 Å². The van der Waals surface area contributed by atoms with Gasteiger partial charge in [0.25, 0.3) is 5.56 Å². The van der Waals surface area contributed by atoms with E-state index in [9.17, 15) is 9.59 Å². The van der Waals surface area contributed by atoms with Gasteiger partial charge in [0.2, 0.25) is 0 Å². The number of nitrogens with one attached hydrogen (secondary N) is 1. The topological polar surface area (TPSA) is 76.4 Å². The van der Waals surface area contributed by atoms with Crippen LogP contribution in [0.5, 0.6) is 0 Å². The molecule has 6 nitrogen and oxygen atoms in total. The van der Waals surface area contributed by atoms with Crippen LogP contribution < -0.4 is 14.9 Å². The number of H-pyrrole nitrogens is 1. The van der Waals surface area contributed by atoms with Gasteiger partial charge in [-0.25, -0.2) is 9.79 Å². The molecule has 40 heavy (non-hydrogen) atoms. The lowest BCUT2D eigenvalue weighted by Crippen LogP contribution is -2.39. The Morgan fingerprint density at radius 3 is 2.45 bits per heavy atom. The van der Waals surface area contributed by atoms with Gasteiger partial charge in [-0.1, -0.05) is 83.6 Å². The molecule has 2 aromatic heterocycles. The predicted octanol–water partition coefficient (Wildman–Crippen LogP) is 5.56. The molecule has 1 atom stereocenters. The summed E-state index contributed by atoms with van der Waals surface area (Å²) in [5.74, 6) is -0.458. The number of aromatic amines is 1. The van der Waals surface area contributed by atoms with Crippen molar-refractivity contribution in [2.24, 2.45) is 4.99 Å². The molecule has 200 valence electrons. The molecule has 0 unspecified atom stereocenters. The number of fused-ring (bicyclic) bond motifs is 2. The van der Waals surface area contributed by atoms with Crippen molar-refractivity contribution in [1.29, 1.82) is 0 Å². The fraction of sp³-hybridized carbons (Fsp3) is 0.182. The van der Waals surface area contributed by atoms with Crippen molar-refractivity contribution in [3.05, 3.63) is 126 Å². The van der Waals surface area contributed by atoms with Crippen LogP contribution in [0.2, 0.25) is 0 Å². The Labute approximate surface area is 235 Å². The quantitative estimate of drug-likeness (QED) is 0.293. The Balaban J connectivity index is 1.63. The molecule has 5 aromatic rings. The molecule has 0 saturated carbocycles. The van der Waals surface area contributed by atoms with E-state index >= 15 is 0 Å². The minimum Gasteiger partial charge on any atom is -0.463 e. The molecule has 7 heteroatoms. The molecule has 1 aliphatic rings. The minimum absolute atomic E-state index is 0.190. The number of nitrogens with zero attached hydrogens (tertiary/aromatic N) is 2. The number of hydrogen-bond donors (Lipinski definition) is 1. The van der Waals surface area contributed by atoms with Gasteiger partial charge in [-0.2, -0.15) is 0 Å². The number of aromatic nitrogens is 2. The van der Waals surface area contributed by atoms with Crippen LogP contribution in [0.4, 0.5) is 0 Å². The molecule has 1 aliphatic heterocycles. The Hall–Kier alpha value is -4.49. The maximum atomic E-state index is 14.2. The first-order valence-electron chi connectivity index (χ1n) is 13.3. The van der Waals surface area contributed by atoms with Crippen LogP contribution in [0.15, 0.2) is 93.9 Å². The molecule has 0 fully saturated rings. The first-order chi connectivity index (χ1) is 19.4. The van der Waals surface area contributed by atoms with Crippen molar-refractivity contribution >= 4 is 34.3 Å². The van der Waals surface area contributed by atoms with E-state index in [0.29, 0.717) is 20.6 Å². The Morgan fingerprint density at radius 2 is 1.75 bits per heavy atom. The zero-order valence-corrected chi connectivity index (χ0v) is 23.6. The average Bonchev–Trinajstić information content (AvgIpc) is 3.46. The fourth-order valence-electron chi connectivity index (χ4n) is 5.53. The van der Waals surface area contributed by atoms with Gasteiger partial charge in [-0.15, -0.1) is 0 Å². The highest BCUT2D eigenvalue weighted by Gasteiger charge is 2.33. The number of thiazole rings is 1. The summed E-state index contributed by atoms with van der Waals surface area (Å²) in [4.78, 5) is 36.2. The number of carbonyl (C=O) groups is 1. The summed E-state index contributed by atoms with van der Waals surface area (Å²) in [6.45, 7) is 7.99. The number of esters is 1. The van der Waals surface area contributed by atoms with Crippen molar-refractivity contribution in [2.45, 2.75) is 33.7 Å². The number of carbonyl (C=O) groups excluding carboxylic acids is 1. The predicted molar refractivity (Wildman–Crippen MR) is 160 cm³/mol. The van der Waals surface area contributed by atoms with E-state index in [-0.39, 0.29) is 12.2 Å². The van der Waals surface area contributed by atoms with E-state index in [1.807, 2.05) is 54.6 Å². The molecule has 0 saturated heterocycles. The summed E-state index contributed by atoms with van der Waals surface area (Å²) < 4.78 is 7.59. The third kappa shape index (κ3) is 4.32. The lowest BCUT2D eigenvalue weighted by atomic mass is 9.96. The Morgan fingerprint density at radius 1 is 1.05 bits per heavy atom. The summed E-state index contributed by atoms with van der Waals surface area (Å²) in [5.41, 5.74) is 7.88. The van der Waals surface area contributed by atoms with Gasteiger partial charge in [0.15, 0.2) is 4.80 Å². The highest BCUT2D eigenvalue weighted by atomic mass is 32.1. The maximum absolute atomic E-state index is 14.2. The van der Waals surface area contributed by atoms with Crippen LogP contribution in [-0.2, 0) is 9.53 Å². The summed E-state index contributed by atoms with van der Waals surface area (Å²) in [5, 5.41) is 1.06. The van der Waals surface area contributed by atoms with E-state index in [0.717, 1.165) is 44.4 Å². The number of rotatable bonds is 5. The van der Waals surface area contributed by atoms with Gasteiger partial charge in [0, 0.05) is 16.5 Å². The van der Waals surface area contributed by atoms with Crippen LogP contribution in [0.25, 0.3) is 28.2 Å². The van der Waals surface area contributed by atoms with Gasteiger partial charge in [0.05, 0.1) is 34.1 Å². The molecule has 0 bridgehead atoms. The van der Waals surface area contributed by atoms with E-state index in [4.69, 9.17) is 9.73 Å². The molecule has 0 amide bonds. The Bertz CT molecular complexity index is 1980. The SMILES string of the molecule is CCOC(=O)C1=C(C)N=c2s/c(=C/c3c(-c4ccccc4)[nH]c4c(C)cc(C)cc34)c(=O)n2[C@H]1c1ccccc1.